The van der Waals surface area contributed by atoms with Crippen LogP contribution in [0.25, 0.3) is 0 Å². The number of halogens is 1. The van der Waals surface area contributed by atoms with Crippen molar-refractivity contribution in [2.45, 2.75) is 63.8 Å². The molecule has 4 atom stereocenters. The van der Waals surface area contributed by atoms with Crippen LogP contribution >= 0.6 is 45.7 Å². The molecule has 2 rings (SSSR count). The molecule has 1 heterocycles. The Bertz CT molecular complexity index is 1380. The molecule has 0 aliphatic carbocycles. The summed E-state index contributed by atoms with van der Waals surface area (Å²) in [5.41, 5.74) is -0.843. The Balaban J connectivity index is 2.24. The van der Waals surface area contributed by atoms with Gasteiger partial charge in [-0.3, -0.25) is 28.8 Å². The molecule has 0 unspecified atom stereocenters. The quantitative estimate of drug-likeness (QED) is 0.0775. The Hall–Kier alpha value is -2.93. The van der Waals surface area contributed by atoms with Crippen LogP contribution in [-0.4, -0.2) is 101 Å². The topological polar surface area (TPSA) is 179 Å². The molecular weight excluding hydrogens is 763 g/mol. The number of hydrogen-bond donors (Lipinski definition) is 3. The normalized spacial score (nSPS) is 14.2. The number of thiazole rings is 1. The number of alkyl halides is 1. The summed E-state index contributed by atoms with van der Waals surface area (Å²) in [7, 11) is 2.71. The highest BCUT2D eigenvalue weighted by Gasteiger charge is 2.42. The van der Waals surface area contributed by atoms with Crippen molar-refractivity contribution >= 4 is 80.3 Å². The molecule has 1 aromatic heterocycles. The summed E-state index contributed by atoms with van der Waals surface area (Å²) < 4.78 is 16.1. The van der Waals surface area contributed by atoms with Gasteiger partial charge in [0.2, 0.25) is 11.8 Å². The molecule has 0 spiro atoms. The van der Waals surface area contributed by atoms with Gasteiger partial charge in [0, 0.05) is 37.7 Å². The summed E-state index contributed by atoms with van der Waals surface area (Å²) in [4.78, 5) is 81.9. The van der Waals surface area contributed by atoms with E-state index < -0.39 is 53.2 Å². The Kier molecular flexibility index (Phi) is 17.5. The molecular formula is C31H41IN4O9S2. The Morgan fingerprint density at radius 1 is 0.957 bits per heavy atom. The summed E-state index contributed by atoms with van der Waals surface area (Å²) in [6, 6.07) is 5.43. The number of ether oxygens (including phenoxy) is 3. The number of thioether (sulfide) groups is 1. The lowest BCUT2D eigenvalue weighted by Crippen LogP contribution is -2.60. The van der Waals surface area contributed by atoms with Crippen LogP contribution in [-0.2, 0) is 44.6 Å². The van der Waals surface area contributed by atoms with E-state index in [0.717, 1.165) is 28.7 Å². The maximum absolute atomic E-state index is 14.0. The smallest absolute Gasteiger partial charge is 0.306 e. The maximum atomic E-state index is 14.0. The van der Waals surface area contributed by atoms with Crippen molar-refractivity contribution in [3.8, 4) is 0 Å². The molecule has 258 valence electrons. The fraction of sp³-hybridized carbons (Fsp3) is 0.516. The number of rotatable bonds is 20. The van der Waals surface area contributed by atoms with Crippen LogP contribution in [0.2, 0.25) is 0 Å². The largest absolute Gasteiger partial charge is 0.450 e. The standard InChI is InChI=1S/C31H41IN4O9S2/c1-19-33-15-25(47-19)30(42)36-24(17-44-5)29(41)35-23(16-43-4)28(40)34-22(14-21-10-7-6-8-11-21)27(39)31(3,18-32)45-26(38)12-9-13-46-20(2)37/h6-8,10-11,15,22-24H,9,12-14,16-18H2,1-5H3,(H,34,40)(H,35,41)(H,36,42)/t22-,23-,24-,31+/m0/s1. The average molecular weight is 805 g/mol. The van der Waals surface area contributed by atoms with Crippen molar-refractivity contribution in [3.63, 3.8) is 0 Å². The van der Waals surface area contributed by atoms with E-state index in [4.69, 9.17) is 14.2 Å². The zero-order valence-corrected chi connectivity index (χ0v) is 30.8. The first kappa shape index (κ1) is 40.2. The first-order valence-electron chi connectivity index (χ1n) is 14.6. The highest BCUT2D eigenvalue weighted by atomic mass is 127. The number of benzene rings is 1. The van der Waals surface area contributed by atoms with Crippen LogP contribution in [0, 0.1) is 6.92 Å². The molecule has 0 aliphatic heterocycles. The van der Waals surface area contributed by atoms with Crippen molar-refractivity contribution in [1.29, 1.82) is 0 Å². The van der Waals surface area contributed by atoms with Gasteiger partial charge in [-0.1, -0.05) is 64.7 Å². The van der Waals surface area contributed by atoms with Crippen molar-refractivity contribution in [2.75, 3.05) is 37.6 Å². The van der Waals surface area contributed by atoms with Gasteiger partial charge in [0.25, 0.3) is 5.91 Å². The van der Waals surface area contributed by atoms with Gasteiger partial charge in [0.1, 0.15) is 17.0 Å². The fourth-order valence-corrected chi connectivity index (χ4v) is 6.03. The van der Waals surface area contributed by atoms with E-state index in [1.54, 1.807) is 31.2 Å². The average Bonchev–Trinajstić information content (AvgIpc) is 3.48. The molecule has 3 N–H and O–H groups in total. The number of ketones is 1. The second-order valence-corrected chi connectivity index (χ2v) is 13.9. The minimum atomic E-state index is -1.58. The maximum Gasteiger partial charge on any atom is 0.306 e. The summed E-state index contributed by atoms with van der Waals surface area (Å²) >= 11 is 4.22. The molecule has 47 heavy (non-hydrogen) atoms. The lowest BCUT2D eigenvalue weighted by Gasteiger charge is -2.31. The van der Waals surface area contributed by atoms with Gasteiger partial charge >= 0.3 is 5.97 Å². The van der Waals surface area contributed by atoms with Crippen LogP contribution in [0.15, 0.2) is 36.5 Å². The molecule has 0 aliphatic rings. The molecule has 13 nitrogen and oxygen atoms in total. The number of nitrogens with zero attached hydrogens (tertiary/aromatic N) is 1. The first-order chi connectivity index (χ1) is 22.3. The van der Waals surface area contributed by atoms with Crippen molar-refractivity contribution in [3.05, 3.63) is 52.0 Å². The van der Waals surface area contributed by atoms with Crippen LogP contribution in [0.5, 0.6) is 0 Å². The summed E-state index contributed by atoms with van der Waals surface area (Å²) in [6.07, 6.45) is 1.89. The zero-order valence-electron chi connectivity index (χ0n) is 27.0. The molecule has 0 bridgehead atoms. The third kappa shape index (κ3) is 13.6. The van der Waals surface area contributed by atoms with Crippen LogP contribution in [0.3, 0.4) is 0 Å². The van der Waals surface area contributed by atoms with Crippen LogP contribution < -0.4 is 16.0 Å². The second-order valence-electron chi connectivity index (χ2n) is 10.6. The van der Waals surface area contributed by atoms with Crippen molar-refractivity contribution in [1.82, 2.24) is 20.9 Å². The number of Topliss-reactive ketones (excluding diaryl/α,β-unsaturated/α-hetero) is 1. The third-order valence-electron chi connectivity index (χ3n) is 6.63. The van der Waals surface area contributed by atoms with Crippen molar-refractivity contribution < 1.29 is 43.0 Å². The van der Waals surface area contributed by atoms with E-state index in [0.29, 0.717) is 22.1 Å². The molecule has 2 aromatic rings. The number of amides is 3. The Labute approximate surface area is 296 Å². The molecule has 3 amide bonds. The number of methoxy groups -OCH3 is 2. The van der Waals surface area contributed by atoms with Gasteiger partial charge in [0.05, 0.1) is 30.5 Å². The third-order valence-corrected chi connectivity index (χ3v) is 9.89. The van der Waals surface area contributed by atoms with Crippen molar-refractivity contribution in [2.24, 2.45) is 0 Å². The first-order valence-corrected chi connectivity index (χ1v) is 18.0. The second kappa shape index (κ2) is 20.4. The van der Waals surface area contributed by atoms with E-state index >= 15 is 0 Å². The number of carbonyl (C=O) groups excluding carboxylic acids is 6. The summed E-state index contributed by atoms with van der Waals surface area (Å²) in [5.74, 6) is -2.66. The molecule has 16 heteroatoms. The van der Waals surface area contributed by atoms with E-state index in [1.807, 2.05) is 28.7 Å². The highest BCUT2D eigenvalue weighted by molar-refractivity contribution is 14.1. The molecule has 0 saturated carbocycles. The van der Waals surface area contributed by atoms with Crippen LogP contribution in [0.4, 0.5) is 0 Å². The predicted molar refractivity (Wildman–Crippen MR) is 187 cm³/mol. The van der Waals surface area contributed by atoms with E-state index in [2.05, 4.69) is 20.9 Å². The van der Waals surface area contributed by atoms with E-state index in [1.165, 1.54) is 34.3 Å². The minimum Gasteiger partial charge on any atom is -0.450 e. The number of aryl methyl sites for hydroxylation is 1. The zero-order chi connectivity index (χ0) is 35.0. The van der Waals surface area contributed by atoms with E-state index in [-0.39, 0.29) is 35.6 Å². The number of nitrogens with one attached hydrogen (secondary N) is 3. The molecule has 0 radical (unpaired) electrons. The monoisotopic (exact) mass is 804 g/mol. The minimum absolute atomic E-state index is 0.0131. The Morgan fingerprint density at radius 3 is 2.09 bits per heavy atom. The number of hydrogen-bond acceptors (Lipinski definition) is 12. The molecule has 0 saturated heterocycles. The lowest BCUT2D eigenvalue weighted by molar-refractivity contribution is -0.164. The Morgan fingerprint density at radius 2 is 1.55 bits per heavy atom. The van der Waals surface area contributed by atoms with Gasteiger partial charge in [-0.25, -0.2) is 4.98 Å². The van der Waals surface area contributed by atoms with Gasteiger partial charge in [-0.15, -0.1) is 11.3 Å². The van der Waals surface area contributed by atoms with Gasteiger partial charge in [0.15, 0.2) is 16.5 Å². The molecule has 1 aromatic carbocycles. The summed E-state index contributed by atoms with van der Waals surface area (Å²) in [6.45, 7) is 4.25. The van der Waals surface area contributed by atoms with Gasteiger partial charge < -0.3 is 30.2 Å². The van der Waals surface area contributed by atoms with Gasteiger partial charge in [-0.2, -0.15) is 0 Å². The number of esters is 1. The van der Waals surface area contributed by atoms with E-state index in [9.17, 15) is 28.8 Å². The fourth-order valence-electron chi connectivity index (χ4n) is 4.25. The SMILES string of the molecule is COC[C@H](NC(=O)c1cnc(C)s1)C(=O)N[C@@H](COC)C(=O)N[C@@H](Cc1ccccc1)C(=O)[C@@](C)(CI)OC(=O)CCCSC(C)=O. The van der Waals surface area contributed by atoms with Crippen LogP contribution in [0.1, 0.15) is 46.9 Å². The lowest BCUT2D eigenvalue weighted by atomic mass is 9.92. The number of carbonyl (C=O) groups is 6. The molecule has 0 fully saturated rings. The summed E-state index contributed by atoms with van der Waals surface area (Å²) in [5, 5.41) is 8.53. The highest BCUT2D eigenvalue weighted by Crippen LogP contribution is 2.22. The number of aromatic nitrogens is 1. The van der Waals surface area contributed by atoms with Gasteiger partial charge in [-0.05, 0) is 32.3 Å². The predicted octanol–water partition coefficient (Wildman–Crippen LogP) is 2.42.